The van der Waals surface area contributed by atoms with Crippen molar-refractivity contribution in [2.45, 2.75) is 26.2 Å². The molecule has 3 heteroatoms. The molecule has 0 amide bonds. The number of hydrogen-bond donors (Lipinski definition) is 3. The van der Waals surface area contributed by atoms with E-state index in [2.05, 4.69) is 0 Å². The molecule has 1 saturated carbocycles. The number of nitrogens with two attached hydrogens (primary N) is 1. The van der Waals surface area contributed by atoms with Gasteiger partial charge in [-0.15, -0.1) is 0 Å². The number of rotatable bonds is 0. The minimum absolute atomic E-state index is 0.136. The largest absolute Gasteiger partial charge is 0.513 e. The summed E-state index contributed by atoms with van der Waals surface area (Å²) in [6.07, 6.45) is 6.66. The normalized spacial score (nSPS) is 40.5. The van der Waals surface area contributed by atoms with E-state index in [-0.39, 0.29) is 5.92 Å². The molecular formula is C14H19NO2. The zero-order valence-corrected chi connectivity index (χ0v) is 10.1. The van der Waals surface area contributed by atoms with Gasteiger partial charge in [0.15, 0.2) is 0 Å². The van der Waals surface area contributed by atoms with E-state index in [1.165, 1.54) is 5.57 Å². The first-order valence-electron chi connectivity index (χ1n) is 6.37. The molecule has 0 heterocycles. The maximum atomic E-state index is 9.93. The average Bonchev–Trinajstić information content (AvgIpc) is 2.45. The highest BCUT2D eigenvalue weighted by atomic mass is 16.3. The van der Waals surface area contributed by atoms with E-state index in [1.54, 1.807) is 0 Å². The number of aliphatic hydroxyl groups is 2. The summed E-state index contributed by atoms with van der Waals surface area (Å²) in [5.74, 6) is 2.46. The second-order valence-corrected chi connectivity index (χ2v) is 5.55. The molecule has 0 radical (unpaired) electrons. The van der Waals surface area contributed by atoms with Crippen LogP contribution < -0.4 is 5.73 Å². The van der Waals surface area contributed by atoms with Gasteiger partial charge >= 0.3 is 0 Å². The molecule has 3 rings (SSSR count). The fourth-order valence-corrected chi connectivity index (χ4v) is 3.82. The Morgan fingerprint density at radius 2 is 2.12 bits per heavy atom. The zero-order valence-electron chi connectivity index (χ0n) is 10.1. The van der Waals surface area contributed by atoms with Crippen molar-refractivity contribution in [1.82, 2.24) is 0 Å². The summed E-state index contributed by atoms with van der Waals surface area (Å²) in [5, 5.41) is 19.7. The summed E-state index contributed by atoms with van der Waals surface area (Å²) in [5.41, 5.74) is 7.67. The summed E-state index contributed by atoms with van der Waals surface area (Å²) in [6, 6.07) is 0. The molecule has 0 bridgehead atoms. The van der Waals surface area contributed by atoms with Gasteiger partial charge in [0.2, 0.25) is 0 Å². The molecule has 0 saturated heterocycles. The molecule has 3 aliphatic rings. The molecule has 92 valence electrons. The Kier molecular flexibility index (Phi) is 2.25. The molecule has 3 nitrogen and oxygen atoms in total. The second kappa shape index (κ2) is 3.56. The van der Waals surface area contributed by atoms with Gasteiger partial charge < -0.3 is 15.9 Å². The van der Waals surface area contributed by atoms with Crippen LogP contribution in [0, 0.1) is 23.7 Å². The van der Waals surface area contributed by atoms with Gasteiger partial charge in [-0.2, -0.15) is 0 Å². The molecule has 1 fully saturated rings. The van der Waals surface area contributed by atoms with Crippen molar-refractivity contribution in [3.05, 3.63) is 34.9 Å². The number of hydrogen-bond acceptors (Lipinski definition) is 3. The van der Waals surface area contributed by atoms with E-state index >= 15 is 0 Å². The monoisotopic (exact) mass is 233 g/mol. The summed E-state index contributed by atoms with van der Waals surface area (Å²) in [4.78, 5) is 0. The predicted octanol–water partition coefficient (Wildman–Crippen LogP) is 2.78. The Morgan fingerprint density at radius 3 is 2.88 bits per heavy atom. The van der Waals surface area contributed by atoms with Crippen LogP contribution >= 0.6 is 0 Å². The first-order chi connectivity index (χ1) is 8.09. The Hall–Kier alpha value is -1.38. The Morgan fingerprint density at radius 1 is 1.35 bits per heavy atom. The van der Waals surface area contributed by atoms with Gasteiger partial charge in [0.1, 0.15) is 5.76 Å². The number of fused-ring (bicyclic) bond motifs is 4. The van der Waals surface area contributed by atoms with Crippen LogP contribution in [0.25, 0.3) is 0 Å². The summed E-state index contributed by atoms with van der Waals surface area (Å²) >= 11 is 0. The third-order valence-corrected chi connectivity index (χ3v) is 4.69. The maximum absolute atomic E-state index is 9.93. The molecule has 4 unspecified atom stereocenters. The Labute approximate surface area is 101 Å². The van der Waals surface area contributed by atoms with Gasteiger partial charge in [0, 0.05) is 12.3 Å². The summed E-state index contributed by atoms with van der Waals surface area (Å²) in [6.45, 7) is 2.05. The smallest absolute Gasteiger partial charge is 0.118 e. The van der Waals surface area contributed by atoms with Crippen molar-refractivity contribution >= 4 is 0 Å². The van der Waals surface area contributed by atoms with Crippen LogP contribution in [0.2, 0.25) is 0 Å². The lowest BCUT2D eigenvalue weighted by molar-refractivity contribution is 0.0935. The number of allylic oxidation sites excluding steroid dienone is 5. The molecule has 4 N–H and O–H groups in total. The molecule has 0 aromatic rings. The summed E-state index contributed by atoms with van der Waals surface area (Å²) in [7, 11) is 0. The van der Waals surface area contributed by atoms with Gasteiger partial charge in [0.25, 0.3) is 0 Å². The maximum Gasteiger partial charge on any atom is 0.118 e. The minimum Gasteiger partial charge on any atom is -0.513 e. The molecule has 0 aliphatic heterocycles. The molecule has 0 spiro atoms. The van der Waals surface area contributed by atoms with Crippen LogP contribution in [-0.4, -0.2) is 10.2 Å². The van der Waals surface area contributed by atoms with Crippen molar-refractivity contribution < 1.29 is 10.2 Å². The van der Waals surface area contributed by atoms with Crippen molar-refractivity contribution in [1.29, 1.82) is 0 Å². The average molecular weight is 233 g/mol. The fraction of sp³-hybridized carbons (Fsp3) is 0.571. The molecule has 3 aliphatic carbocycles. The lowest BCUT2D eigenvalue weighted by atomic mass is 9.53. The van der Waals surface area contributed by atoms with Crippen LogP contribution in [0.5, 0.6) is 0 Å². The van der Waals surface area contributed by atoms with E-state index < -0.39 is 0 Å². The van der Waals surface area contributed by atoms with E-state index in [0.717, 1.165) is 19.3 Å². The summed E-state index contributed by atoms with van der Waals surface area (Å²) < 4.78 is 0. The third-order valence-electron chi connectivity index (χ3n) is 4.69. The van der Waals surface area contributed by atoms with E-state index in [0.29, 0.717) is 35.0 Å². The Bertz CT molecular complexity index is 447. The number of aliphatic hydroxyl groups excluding tert-OH is 2. The molecule has 4 atom stereocenters. The van der Waals surface area contributed by atoms with Crippen LogP contribution in [0.15, 0.2) is 34.9 Å². The lowest BCUT2D eigenvalue weighted by Gasteiger charge is -2.51. The van der Waals surface area contributed by atoms with Gasteiger partial charge in [-0.05, 0) is 42.7 Å². The molecule has 0 aromatic heterocycles. The Balaban J connectivity index is 1.94. The quantitative estimate of drug-likeness (QED) is 0.602. The zero-order chi connectivity index (χ0) is 12.2. The van der Waals surface area contributed by atoms with Crippen LogP contribution in [0.4, 0.5) is 0 Å². The van der Waals surface area contributed by atoms with Gasteiger partial charge in [-0.25, -0.2) is 0 Å². The SMILES string of the molecule is CC1C(O)=C(N)C=C2C3CC(O)=CCCC3C21. The highest BCUT2D eigenvalue weighted by Gasteiger charge is 2.50. The first-order valence-corrected chi connectivity index (χ1v) is 6.37. The highest BCUT2D eigenvalue weighted by molar-refractivity contribution is 5.40. The highest BCUT2D eigenvalue weighted by Crippen LogP contribution is 2.57. The van der Waals surface area contributed by atoms with Gasteiger partial charge in [-0.3, -0.25) is 0 Å². The first kappa shape index (κ1) is 10.8. The second-order valence-electron chi connectivity index (χ2n) is 5.55. The van der Waals surface area contributed by atoms with Crippen LogP contribution in [0.3, 0.4) is 0 Å². The van der Waals surface area contributed by atoms with Gasteiger partial charge in [-0.1, -0.05) is 12.5 Å². The van der Waals surface area contributed by atoms with Crippen molar-refractivity contribution in [3.8, 4) is 0 Å². The van der Waals surface area contributed by atoms with E-state index in [9.17, 15) is 10.2 Å². The van der Waals surface area contributed by atoms with Crippen molar-refractivity contribution in [2.75, 3.05) is 0 Å². The van der Waals surface area contributed by atoms with Crippen LogP contribution in [0.1, 0.15) is 26.2 Å². The minimum atomic E-state index is 0.136. The van der Waals surface area contributed by atoms with E-state index in [1.807, 2.05) is 19.1 Å². The molecule has 0 aromatic carbocycles. The standard InChI is InChI=1S/C14H19NO2/c1-7-13-9-4-2-3-8(16)5-10(9)11(13)6-12(15)14(7)17/h3,6-7,9-10,13,16-17H,2,4-5,15H2,1H3. The third kappa shape index (κ3) is 1.41. The topological polar surface area (TPSA) is 66.5 Å². The molecular weight excluding hydrogens is 214 g/mol. The van der Waals surface area contributed by atoms with E-state index in [4.69, 9.17) is 5.73 Å². The molecule has 17 heavy (non-hydrogen) atoms. The lowest BCUT2D eigenvalue weighted by Crippen LogP contribution is -2.45. The predicted molar refractivity (Wildman–Crippen MR) is 66.1 cm³/mol. The van der Waals surface area contributed by atoms with Gasteiger partial charge in [0.05, 0.1) is 11.5 Å². The van der Waals surface area contributed by atoms with Crippen molar-refractivity contribution in [2.24, 2.45) is 29.4 Å². The fourth-order valence-electron chi connectivity index (χ4n) is 3.82. The van der Waals surface area contributed by atoms with Crippen LogP contribution in [-0.2, 0) is 0 Å². The van der Waals surface area contributed by atoms with Crippen molar-refractivity contribution in [3.63, 3.8) is 0 Å².